The van der Waals surface area contributed by atoms with Gasteiger partial charge in [-0.15, -0.1) is 5.10 Å². The summed E-state index contributed by atoms with van der Waals surface area (Å²) < 4.78 is 6.84. The smallest absolute Gasteiger partial charge is 0.335 e. The fourth-order valence-electron chi connectivity index (χ4n) is 5.21. The van der Waals surface area contributed by atoms with E-state index >= 15 is 0 Å². The van der Waals surface area contributed by atoms with Gasteiger partial charge in [-0.05, 0) is 55.2 Å². The van der Waals surface area contributed by atoms with Gasteiger partial charge in [0.05, 0.1) is 11.8 Å². The number of nitrogen functional groups attached to an aromatic ring is 1. The van der Waals surface area contributed by atoms with E-state index in [1.165, 1.54) is 10.9 Å². The van der Waals surface area contributed by atoms with E-state index < -0.39 is 5.97 Å². The predicted octanol–water partition coefficient (Wildman–Crippen LogP) is 2.10. The maximum atomic E-state index is 11.1. The number of fused-ring (bicyclic) bond motifs is 1. The van der Waals surface area contributed by atoms with Crippen molar-refractivity contribution in [3.05, 3.63) is 48.2 Å². The van der Waals surface area contributed by atoms with Gasteiger partial charge in [-0.1, -0.05) is 0 Å². The maximum Gasteiger partial charge on any atom is 0.335 e. The first-order valence-corrected chi connectivity index (χ1v) is 12.5. The van der Waals surface area contributed by atoms with Gasteiger partial charge in [0.2, 0.25) is 17.7 Å². The lowest BCUT2D eigenvalue weighted by Crippen LogP contribution is -2.49. The number of piperazine rings is 1. The summed E-state index contributed by atoms with van der Waals surface area (Å²) in [5.41, 5.74) is 7.60. The summed E-state index contributed by atoms with van der Waals surface area (Å²) >= 11 is 0. The molecule has 0 amide bonds. The molecule has 12 heteroatoms. The van der Waals surface area contributed by atoms with Crippen LogP contribution in [0.15, 0.2) is 47.1 Å². The van der Waals surface area contributed by atoms with E-state index in [0.29, 0.717) is 34.8 Å². The summed E-state index contributed by atoms with van der Waals surface area (Å²) in [4.78, 5) is 31.8. The number of carbonyl (C=O) groups is 1. The summed E-state index contributed by atoms with van der Waals surface area (Å²) in [6.07, 6.45) is 3.81. The number of hydrogen-bond donors (Lipinski definition) is 2. The van der Waals surface area contributed by atoms with E-state index in [9.17, 15) is 4.79 Å². The molecule has 0 aliphatic carbocycles. The van der Waals surface area contributed by atoms with Crippen molar-refractivity contribution < 1.29 is 14.3 Å². The van der Waals surface area contributed by atoms with E-state index in [4.69, 9.17) is 15.3 Å². The highest BCUT2D eigenvalue weighted by Gasteiger charge is 2.27. The van der Waals surface area contributed by atoms with Crippen LogP contribution in [0.25, 0.3) is 17.4 Å². The third-order valence-corrected chi connectivity index (χ3v) is 7.13. The molecule has 3 aromatic heterocycles. The molecule has 1 aromatic carbocycles. The van der Waals surface area contributed by atoms with Gasteiger partial charge in [0, 0.05) is 51.5 Å². The Balaban J connectivity index is 1.08. The Morgan fingerprint density at radius 3 is 2.57 bits per heavy atom. The monoisotopic (exact) mass is 503 g/mol. The van der Waals surface area contributed by atoms with Gasteiger partial charge >= 0.3 is 5.97 Å². The van der Waals surface area contributed by atoms with E-state index in [1.54, 1.807) is 30.5 Å². The largest absolute Gasteiger partial charge is 0.478 e. The molecule has 192 valence electrons. The molecule has 12 nitrogen and oxygen atoms in total. The lowest BCUT2D eigenvalue weighted by Gasteiger charge is -2.40. The van der Waals surface area contributed by atoms with Crippen LogP contribution in [-0.2, 0) is 0 Å². The second-order valence-electron chi connectivity index (χ2n) is 9.60. The Labute approximate surface area is 213 Å². The number of piperidine rings is 1. The second-order valence-corrected chi connectivity index (χ2v) is 9.60. The van der Waals surface area contributed by atoms with Gasteiger partial charge in [0.25, 0.3) is 5.78 Å². The topological polar surface area (TPSA) is 142 Å². The number of aromatic carboxylic acids is 1. The Morgan fingerprint density at radius 2 is 1.84 bits per heavy atom. The van der Waals surface area contributed by atoms with Crippen LogP contribution in [0.2, 0.25) is 0 Å². The molecule has 37 heavy (non-hydrogen) atoms. The third-order valence-electron chi connectivity index (χ3n) is 7.13. The standard InChI is InChI=1S/C25H29N9O3/c26-23-28-24(29-25-27-21(30-34(23)25)20-4-2-14-37-20)33-9-1-3-17(16-33)15-31-10-12-32(13-11-31)19-7-5-18(6-8-19)22(35)36/h2,4-8,14,17H,1,3,9-13,15-16H2,(H,35,36)(H2,26,27,28,29,30). The first kappa shape index (κ1) is 23.2. The highest BCUT2D eigenvalue weighted by atomic mass is 16.4. The molecule has 4 aromatic rings. The number of nitrogens with two attached hydrogens (primary N) is 1. The Hall–Kier alpha value is -4.19. The highest BCUT2D eigenvalue weighted by Crippen LogP contribution is 2.25. The zero-order chi connectivity index (χ0) is 25.4. The van der Waals surface area contributed by atoms with Crippen LogP contribution in [0.1, 0.15) is 23.2 Å². The summed E-state index contributed by atoms with van der Waals surface area (Å²) in [6, 6.07) is 10.7. The number of carboxylic acid groups (broad SMARTS) is 1. The second kappa shape index (κ2) is 9.69. The summed E-state index contributed by atoms with van der Waals surface area (Å²) in [5, 5.41) is 13.5. The molecule has 3 N–H and O–H groups in total. The van der Waals surface area contributed by atoms with Crippen molar-refractivity contribution in [3.63, 3.8) is 0 Å². The number of rotatable bonds is 6. The number of benzene rings is 1. The molecular weight excluding hydrogens is 474 g/mol. The average molecular weight is 504 g/mol. The molecule has 5 heterocycles. The summed E-state index contributed by atoms with van der Waals surface area (Å²) in [7, 11) is 0. The number of aromatic nitrogens is 5. The molecule has 2 aliphatic heterocycles. The lowest BCUT2D eigenvalue weighted by atomic mass is 9.97. The van der Waals surface area contributed by atoms with Crippen LogP contribution in [0.3, 0.4) is 0 Å². The molecule has 0 radical (unpaired) electrons. The van der Waals surface area contributed by atoms with Crippen molar-refractivity contribution in [2.24, 2.45) is 5.92 Å². The first-order valence-electron chi connectivity index (χ1n) is 12.5. The zero-order valence-electron chi connectivity index (χ0n) is 20.4. The molecule has 2 saturated heterocycles. The van der Waals surface area contributed by atoms with Crippen molar-refractivity contribution in [2.75, 3.05) is 61.3 Å². The normalized spacial score (nSPS) is 19.0. The zero-order valence-corrected chi connectivity index (χ0v) is 20.4. The van der Waals surface area contributed by atoms with Crippen molar-refractivity contribution in [1.29, 1.82) is 0 Å². The van der Waals surface area contributed by atoms with Gasteiger partial charge < -0.3 is 25.1 Å². The van der Waals surface area contributed by atoms with Gasteiger partial charge in [-0.2, -0.15) is 19.5 Å². The van der Waals surface area contributed by atoms with Crippen molar-refractivity contribution in [1.82, 2.24) is 29.5 Å². The SMILES string of the molecule is Nc1nc(N2CCCC(CN3CCN(c4ccc(C(=O)O)cc4)CC3)C2)nc2nc(-c3ccco3)nn12. The Morgan fingerprint density at radius 1 is 1.03 bits per heavy atom. The minimum atomic E-state index is -0.897. The third kappa shape index (κ3) is 4.79. The fourth-order valence-corrected chi connectivity index (χ4v) is 5.21. The van der Waals surface area contributed by atoms with E-state index in [0.717, 1.165) is 57.9 Å². The molecule has 0 bridgehead atoms. The number of hydrogen-bond acceptors (Lipinski definition) is 10. The molecule has 2 aliphatic rings. The number of carboxylic acids is 1. The highest BCUT2D eigenvalue weighted by molar-refractivity contribution is 5.88. The first-order chi connectivity index (χ1) is 18.0. The molecular formula is C25H29N9O3. The van der Waals surface area contributed by atoms with Gasteiger partial charge in [-0.25, -0.2) is 4.79 Å². The quantitative estimate of drug-likeness (QED) is 0.399. The minimum Gasteiger partial charge on any atom is -0.478 e. The predicted molar refractivity (Wildman–Crippen MR) is 138 cm³/mol. The summed E-state index contributed by atoms with van der Waals surface area (Å²) in [6.45, 7) is 6.56. The molecule has 2 fully saturated rings. The van der Waals surface area contributed by atoms with Crippen molar-refractivity contribution >= 4 is 29.3 Å². The number of anilines is 3. The van der Waals surface area contributed by atoms with Crippen LogP contribution in [-0.4, -0.2) is 86.4 Å². The van der Waals surface area contributed by atoms with Gasteiger partial charge in [0.15, 0.2) is 5.76 Å². The van der Waals surface area contributed by atoms with E-state index in [1.807, 2.05) is 12.1 Å². The Kier molecular flexibility index (Phi) is 6.08. The average Bonchev–Trinajstić information content (AvgIpc) is 3.60. The van der Waals surface area contributed by atoms with Gasteiger partial charge in [-0.3, -0.25) is 4.90 Å². The van der Waals surface area contributed by atoms with E-state index in [-0.39, 0.29) is 5.95 Å². The van der Waals surface area contributed by atoms with Gasteiger partial charge in [0.1, 0.15) is 0 Å². The molecule has 1 atom stereocenters. The van der Waals surface area contributed by atoms with Crippen LogP contribution < -0.4 is 15.5 Å². The van der Waals surface area contributed by atoms with Crippen molar-refractivity contribution in [2.45, 2.75) is 12.8 Å². The Bertz CT molecular complexity index is 1380. The summed E-state index contributed by atoms with van der Waals surface area (Å²) in [5.74, 6) is 1.84. The fraction of sp³-hybridized carbons (Fsp3) is 0.400. The molecule has 6 rings (SSSR count). The number of furan rings is 1. The van der Waals surface area contributed by atoms with Crippen molar-refractivity contribution in [3.8, 4) is 11.6 Å². The molecule has 0 spiro atoms. The minimum absolute atomic E-state index is 0.250. The van der Waals surface area contributed by atoms with Crippen LogP contribution in [0.4, 0.5) is 17.6 Å². The molecule has 0 saturated carbocycles. The van der Waals surface area contributed by atoms with Crippen LogP contribution >= 0.6 is 0 Å². The van der Waals surface area contributed by atoms with Crippen LogP contribution in [0.5, 0.6) is 0 Å². The lowest BCUT2D eigenvalue weighted by molar-refractivity contribution is 0.0697. The van der Waals surface area contributed by atoms with Crippen LogP contribution in [0, 0.1) is 5.92 Å². The molecule has 1 unspecified atom stereocenters. The maximum absolute atomic E-state index is 11.1. The number of nitrogens with zero attached hydrogens (tertiary/aromatic N) is 8. The van der Waals surface area contributed by atoms with E-state index in [2.05, 4.69) is 34.8 Å².